The van der Waals surface area contributed by atoms with Crippen LogP contribution in [0.2, 0.25) is 0 Å². The maximum absolute atomic E-state index is 12.6. The fourth-order valence-electron chi connectivity index (χ4n) is 2.78. The molecule has 4 rings (SSSR count). The van der Waals surface area contributed by atoms with Crippen LogP contribution in [0.25, 0.3) is 21.1 Å². The number of hydrogen-bond donors (Lipinski definition) is 1. The van der Waals surface area contributed by atoms with Crippen LogP contribution in [0.15, 0.2) is 66.7 Å². The molecule has 4 aromatic rings. The standard InChI is InChI=1S/C20H16N2OS/c1-13(14-7-3-2-4-8-14)21-19(23)18-12-16-11-15-9-5-6-10-17(15)22-20(16)24-18/h2-13H,1H3,(H,21,23)/t13-/m0/s1. The Morgan fingerprint density at radius 2 is 1.75 bits per heavy atom. The number of aromatic nitrogens is 1. The van der Waals surface area contributed by atoms with Crippen LogP contribution in [0.4, 0.5) is 0 Å². The summed E-state index contributed by atoms with van der Waals surface area (Å²) in [4.78, 5) is 18.8. The molecule has 1 atom stereocenters. The second kappa shape index (κ2) is 6.06. The number of thiophene rings is 1. The third kappa shape index (κ3) is 2.76. The highest BCUT2D eigenvalue weighted by Gasteiger charge is 2.15. The van der Waals surface area contributed by atoms with Gasteiger partial charge in [0.15, 0.2) is 0 Å². The lowest BCUT2D eigenvalue weighted by Gasteiger charge is -2.13. The molecule has 0 aliphatic heterocycles. The Kier molecular flexibility index (Phi) is 3.75. The summed E-state index contributed by atoms with van der Waals surface area (Å²) in [5.41, 5.74) is 2.05. The number of hydrogen-bond acceptors (Lipinski definition) is 3. The molecule has 0 saturated heterocycles. The van der Waals surface area contributed by atoms with Crippen LogP contribution >= 0.6 is 11.3 Å². The highest BCUT2D eigenvalue weighted by atomic mass is 32.1. The van der Waals surface area contributed by atoms with Gasteiger partial charge in [0.1, 0.15) is 4.83 Å². The van der Waals surface area contributed by atoms with Gasteiger partial charge in [-0.3, -0.25) is 4.79 Å². The van der Waals surface area contributed by atoms with Crippen LogP contribution in [0.5, 0.6) is 0 Å². The van der Waals surface area contributed by atoms with E-state index in [1.807, 2.05) is 67.6 Å². The SMILES string of the molecule is C[C@H](NC(=O)c1cc2cc3ccccc3nc2s1)c1ccccc1. The van der Waals surface area contributed by atoms with Gasteiger partial charge in [0.2, 0.25) is 0 Å². The maximum Gasteiger partial charge on any atom is 0.261 e. The zero-order valence-electron chi connectivity index (χ0n) is 13.2. The van der Waals surface area contributed by atoms with E-state index in [-0.39, 0.29) is 11.9 Å². The van der Waals surface area contributed by atoms with E-state index in [0.717, 1.165) is 26.7 Å². The third-order valence-electron chi connectivity index (χ3n) is 4.08. The lowest BCUT2D eigenvalue weighted by molar-refractivity contribution is 0.0944. The van der Waals surface area contributed by atoms with Crippen LogP contribution in [0, 0.1) is 0 Å². The smallest absolute Gasteiger partial charge is 0.261 e. The average Bonchev–Trinajstić information content (AvgIpc) is 3.03. The zero-order valence-corrected chi connectivity index (χ0v) is 14.0. The van der Waals surface area contributed by atoms with E-state index in [2.05, 4.69) is 16.4 Å². The molecule has 0 unspecified atom stereocenters. The number of fused-ring (bicyclic) bond motifs is 2. The van der Waals surface area contributed by atoms with Crippen molar-refractivity contribution in [3.8, 4) is 0 Å². The number of amides is 1. The summed E-state index contributed by atoms with van der Waals surface area (Å²) in [6.45, 7) is 1.99. The van der Waals surface area contributed by atoms with Gasteiger partial charge in [-0.25, -0.2) is 4.98 Å². The Hall–Kier alpha value is -2.72. The summed E-state index contributed by atoms with van der Waals surface area (Å²) < 4.78 is 0. The molecule has 0 fully saturated rings. The summed E-state index contributed by atoms with van der Waals surface area (Å²) >= 11 is 1.43. The van der Waals surface area contributed by atoms with Crippen LogP contribution in [0.1, 0.15) is 28.2 Å². The van der Waals surface area contributed by atoms with Crippen molar-refractivity contribution in [2.75, 3.05) is 0 Å². The van der Waals surface area contributed by atoms with E-state index in [4.69, 9.17) is 0 Å². The van der Waals surface area contributed by atoms with Gasteiger partial charge in [-0.15, -0.1) is 11.3 Å². The van der Waals surface area contributed by atoms with Crippen molar-refractivity contribution in [2.45, 2.75) is 13.0 Å². The topological polar surface area (TPSA) is 42.0 Å². The number of carbonyl (C=O) groups excluding carboxylic acids is 1. The molecule has 1 amide bonds. The number of nitrogens with one attached hydrogen (secondary N) is 1. The number of benzene rings is 2. The monoisotopic (exact) mass is 332 g/mol. The fraction of sp³-hybridized carbons (Fsp3) is 0.100. The van der Waals surface area contributed by atoms with Gasteiger partial charge in [0.25, 0.3) is 5.91 Å². The molecule has 0 aliphatic rings. The first-order valence-electron chi connectivity index (χ1n) is 7.86. The predicted molar refractivity (Wildman–Crippen MR) is 99.4 cm³/mol. The minimum atomic E-state index is -0.0570. The first-order chi connectivity index (χ1) is 11.7. The van der Waals surface area contributed by atoms with E-state index in [1.54, 1.807) is 0 Å². The minimum absolute atomic E-state index is 0.0315. The molecule has 1 N–H and O–H groups in total. The van der Waals surface area contributed by atoms with Crippen molar-refractivity contribution in [3.63, 3.8) is 0 Å². The van der Waals surface area contributed by atoms with Crippen LogP contribution in [-0.4, -0.2) is 10.9 Å². The molecule has 2 heterocycles. The third-order valence-corrected chi connectivity index (χ3v) is 5.12. The van der Waals surface area contributed by atoms with Crippen LogP contribution in [-0.2, 0) is 0 Å². The normalized spacial score (nSPS) is 12.4. The fourth-order valence-corrected chi connectivity index (χ4v) is 3.70. The van der Waals surface area contributed by atoms with Gasteiger partial charge in [0, 0.05) is 10.8 Å². The van der Waals surface area contributed by atoms with Crippen molar-refractivity contribution in [3.05, 3.63) is 77.2 Å². The molecular formula is C20H16N2OS. The maximum atomic E-state index is 12.6. The molecule has 0 bridgehead atoms. The lowest BCUT2D eigenvalue weighted by atomic mass is 10.1. The molecule has 118 valence electrons. The summed E-state index contributed by atoms with van der Waals surface area (Å²) in [7, 11) is 0. The van der Waals surface area contributed by atoms with Crippen LogP contribution in [0.3, 0.4) is 0 Å². The summed E-state index contributed by atoms with van der Waals surface area (Å²) in [6.07, 6.45) is 0. The van der Waals surface area contributed by atoms with Crippen LogP contribution < -0.4 is 5.32 Å². The zero-order chi connectivity index (χ0) is 16.5. The molecular weight excluding hydrogens is 316 g/mol. The second-order valence-corrected chi connectivity index (χ2v) is 6.82. The summed E-state index contributed by atoms with van der Waals surface area (Å²) in [5.74, 6) is -0.0570. The Morgan fingerprint density at radius 3 is 2.58 bits per heavy atom. The molecule has 0 spiro atoms. The number of carbonyl (C=O) groups is 1. The predicted octanol–water partition coefficient (Wildman–Crippen LogP) is 4.94. The van der Waals surface area contributed by atoms with Crippen molar-refractivity contribution < 1.29 is 4.79 Å². The van der Waals surface area contributed by atoms with Crippen molar-refractivity contribution in [1.82, 2.24) is 10.3 Å². The highest BCUT2D eigenvalue weighted by molar-refractivity contribution is 7.20. The molecule has 24 heavy (non-hydrogen) atoms. The number of rotatable bonds is 3. The summed E-state index contributed by atoms with van der Waals surface area (Å²) in [5, 5.41) is 5.16. The van der Waals surface area contributed by atoms with E-state index in [0.29, 0.717) is 4.88 Å². The molecule has 2 aromatic carbocycles. The summed E-state index contributed by atoms with van der Waals surface area (Å²) in [6, 6.07) is 22.0. The van der Waals surface area contributed by atoms with Gasteiger partial charge in [-0.2, -0.15) is 0 Å². The Balaban J connectivity index is 1.63. The highest BCUT2D eigenvalue weighted by Crippen LogP contribution is 2.27. The number of pyridine rings is 1. The van der Waals surface area contributed by atoms with Gasteiger partial charge in [-0.1, -0.05) is 48.5 Å². The average molecular weight is 332 g/mol. The lowest BCUT2D eigenvalue weighted by Crippen LogP contribution is -2.25. The van der Waals surface area contributed by atoms with Gasteiger partial charge >= 0.3 is 0 Å². The molecule has 4 heteroatoms. The number of para-hydroxylation sites is 1. The van der Waals surface area contributed by atoms with E-state index >= 15 is 0 Å². The van der Waals surface area contributed by atoms with Gasteiger partial charge in [0.05, 0.1) is 16.4 Å². The van der Waals surface area contributed by atoms with Gasteiger partial charge in [-0.05, 0) is 30.7 Å². The number of nitrogens with zero attached hydrogens (tertiary/aromatic N) is 1. The molecule has 0 radical (unpaired) electrons. The first-order valence-corrected chi connectivity index (χ1v) is 8.67. The minimum Gasteiger partial charge on any atom is -0.345 e. The van der Waals surface area contributed by atoms with E-state index in [1.165, 1.54) is 11.3 Å². The Morgan fingerprint density at radius 1 is 1.00 bits per heavy atom. The molecule has 3 nitrogen and oxygen atoms in total. The van der Waals surface area contributed by atoms with Crippen molar-refractivity contribution >= 4 is 38.4 Å². The largest absolute Gasteiger partial charge is 0.345 e. The quantitative estimate of drug-likeness (QED) is 0.577. The molecule has 0 aliphatic carbocycles. The molecule has 2 aromatic heterocycles. The van der Waals surface area contributed by atoms with Crippen molar-refractivity contribution in [2.24, 2.45) is 0 Å². The Bertz CT molecular complexity index is 971. The van der Waals surface area contributed by atoms with E-state index < -0.39 is 0 Å². The van der Waals surface area contributed by atoms with Gasteiger partial charge < -0.3 is 5.32 Å². The first kappa shape index (κ1) is 14.8. The van der Waals surface area contributed by atoms with Crippen molar-refractivity contribution in [1.29, 1.82) is 0 Å². The second-order valence-electron chi connectivity index (χ2n) is 5.79. The Labute approximate surface area is 144 Å². The van der Waals surface area contributed by atoms with E-state index in [9.17, 15) is 4.79 Å². The molecule has 0 saturated carbocycles.